The zero-order chi connectivity index (χ0) is 15.8. The molecule has 1 N–H and O–H groups in total. The van der Waals surface area contributed by atoms with E-state index < -0.39 is 4.92 Å². The maximum atomic E-state index is 12.0. The van der Waals surface area contributed by atoms with Gasteiger partial charge in [-0.05, 0) is 22.0 Å². The minimum absolute atomic E-state index is 0.0946. The van der Waals surface area contributed by atoms with Crippen LogP contribution in [0.4, 0.5) is 5.69 Å². The van der Waals surface area contributed by atoms with E-state index in [1.54, 1.807) is 18.2 Å². The molecule has 0 fully saturated rings. The maximum absolute atomic E-state index is 12.0. The average molecular weight is 352 g/mol. The van der Waals surface area contributed by atoms with E-state index in [0.29, 0.717) is 10.2 Å². The van der Waals surface area contributed by atoms with E-state index in [1.807, 2.05) is 20.8 Å². The summed E-state index contributed by atoms with van der Waals surface area (Å²) >= 11 is 3.23. The number of nitrogens with one attached hydrogen (secondary N) is 1. The van der Waals surface area contributed by atoms with Gasteiger partial charge in [0.2, 0.25) is 0 Å². The van der Waals surface area contributed by atoms with Crippen LogP contribution in [0.2, 0.25) is 0 Å². The van der Waals surface area contributed by atoms with E-state index in [0.717, 1.165) is 0 Å². The van der Waals surface area contributed by atoms with Gasteiger partial charge in [0.25, 0.3) is 11.2 Å². The van der Waals surface area contributed by atoms with Gasteiger partial charge in [-0.1, -0.05) is 32.9 Å². The molecule has 6 nitrogen and oxygen atoms in total. The van der Waals surface area contributed by atoms with Gasteiger partial charge in [-0.15, -0.1) is 0 Å². The predicted molar refractivity (Wildman–Crippen MR) is 83.3 cm³/mol. The lowest BCUT2D eigenvalue weighted by molar-refractivity contribution is -0.384. The van der Waals surface area contributed by atoms with Crippen LogP contribution in [-0.2, 0) is 5.41 Å². The molecule has 0 amide bonds. The van der Waals surface area contributed by atoms with Crippen LogP contribution >= 0.6 is 15.9 Å². The molecule has 0 radical (unpaired) electrons. The fourth-order valence-electron chi connectivity index (χ4n) is 1.92. The molecule has 1 heterocycles. The van der Waals surface area contributed by atoms with Crippen molar-refractivity contribution in [2.45, 2.75) is 26.2 Å². The summed E-state index contributed by atoms with van der Waals surface area (Å²) in [7, 11) is 0. The monoisotopic (exact) mass is 351 g/mol. The summed E-state index contributed by atoms with van der Waals surface area (Å²) in [5.41, 5.74) is 0.0219. The Kier molecular flexibility index (Phi) is 3.95. The molecule has 0 aliphatic rings. The first kappa shape index (κ1) is 15.4. The second-order valence-electron chi connectivity index (χ2n) is 5.60. The number of aromatic amines is 1. The highest BCUT2D eigenvalue weighted by Crippen LogP contribution is 2.30. The zero-order valence-corrected chi connectivity index (χ0v) is 13.4. The molecule has 0 aliphatic heterocycles. The van der Waals surface area contributed by atoms with Gasteiger partial charge in [-0.2, -0.15) is 0 Å². The van der Waals surface area contributed by atoms with Crippen molar-refractivity contribution in [3.63, 3.8) is 0 Å². The van der Waals surface area contributed by atoms with Gasteiger partial charge in [-0.3, -0.25) is 14.9 Å². The Morgan fingerprint density at radius 3 is 2.48 bits per heavy atom. The zero-order valence-electron chi connectivity index (χ0n) is 11.8. The Bertz CT molecular complexity index is 763. The number of hydrogen-bond donors (Lipinski definition) is 1. The average Bonchev–Trinajstić information content (AvgIpc) is 2.40. The number of rotatable bonds is 2. The molecule has 7 heteroatoms. The number of benzene rings is 1. The molecule has 0 aliphatic carbocycles. The largest absolute Gasteiger partial charge is 0.305 e. The molecule has 2 rings (SSSR count). The van der Waals surface area contributed by atoms with Gasteiger partial charge in [0.05, 0.1) is 16.2 Å². The van der Waals surface area contributed by atoms with Gasteiger partial charge in [0, 0.05) is 11.5 Å². The van der Waals surface area contributed by atoms with Crippen LogP contribution in [0, 0.1) is 10.1 Å². The van der Waals surface area contributed by atoms with E-state index in [-0.39, 0.29) is 28.0 Å². The van der Waals surface area contributed by atoms with Gasteiger partial charge in [-0.25, -0.2) is 4.98 Å². The van der Waals surface area contributed by atoms with E-state index in [1.165, 1.54) is 6.07 Å². The van der Waals surface area contributed by atoms with Crippen molar-refractivity contribution in [2.24, 2.45) is 0 Å². The van der Waals surface area contributed by atoms with Crippen LogP contribution in [0.5, 0.6) is 0 Å². The number of H-pyrrole nitrogens is 1. The first-order chi connectivity index (χ1) is 9.71. The fourth-order valence-corrected chi connectivity index (χ4v) is 2.70. The van der Waals surface area contributed by atoms with Crippen molar-refractivity contribution in [1.29, 1.82) is 0 Å². The minimum atomic E-state index is -0.492. The molecule has 0 bridgehead atoms. The smallest absolute Gasteiger partial charge is 0.280 e. The summed E-state index contributed by atoms with van der Waals surface area (Å²) < 4.78 is 0.345. The standard InChI is InChI=1S/C14H14BrN3O3/c1-14(2,3)11-10(15)13(19)17-12(16-11)8-6-4-5-7-9(8)18(20)21/h4-7H,1-3H3,(H,16,17,19). The second kappa shape index (κ2) is 5.40. The SMILES string of the molecule is CC(C)(C)c1nc(-c2ccccc2[N+](=O)[O-])[nH]c(=O)c1Br. The summed E-state index contributed by atoms with van der Waals surface area (Å²) in [4.78, 5) is 29.7. The van der Waals surface area contributed by atoms with Crippen molar-refractivity contribution in [2.75, 3.05) is 0 Å². The summed E-state index contributed by atoms with van der Waals surface area (Å²) in [5, 5.41) is 11.1. The summed E-state index contributed by atoms with van der Waals surface area (Å²) in [6.45, 7) is 5.76. The molecule has 0 saturated heterocycles. The number of para-hydroxylation sites is 1. The highest BCUT2D eigenvalue weighted by molar-refractivity contribution is 9.10. The highest BCUT2D eigenvalue weighted by atomic mass is 79.9. The van der Waals surface area contributed by atoms with Gasteiger partial charge in [0.1, 0.15) is 10.3 Å². The molecule has 0 atom stereocenters. The third kappa shape index (κ3) is 3.02. The minimum Gasteiger partial charge on any atom is -0.305 e. The number of halogens is 1. The maximum Gasteiger partial charge on any atom is 0.280 e. The molecule has 0 spiro atoms. The van der Waals surface area contributed by atoms with Crippen LogP contribution in [-0.4, -0.2) is 14.9 Å². The molecule has 21 heavy (non-hydrogen) atoms. The number of aromatic nitrogens is 2. The number of nitrogens with zero attached hydrogens (tertiary/aromatic N) is 2. The lowest BCUT2D eigenvalue weighted by Gasteiger charge is -2.19. The Morgan fingerprint density at radius 1 is 1.29 bits per heavy atom. The van der Waals surface area contributed by atoms with Crippen molar-refractivity contribution in [3.05, 3.63) is 54.9 Å². The molecular formula is C14H14BrN3O3. The van der Waals surface area contributed by atoms with Crippen LogP contribution in [0.25, 0.3) is 11.4 Å². The number of nitro benzene ring substituents is 1. The lowest BCUT2D eigenvalue weighted by Crippen LogP contribution is -2.22. The van der Waals surface area contributed by atoms with E-state index in [9.17, 15) is 14.9 Å². The number of hydrogen-bond acceptors (Lipinski definition) is 4. The molecule has 1 aromatic carbocycles. The van der Waals surface area contributed by atoms with Crippen molar-refractivity contribution in [1.82, 2.24) is 9.97 Å². The topological polar surface area (TPSA) is 88.9 Å². The number of nitro groups is 1. The molecule has 110 valence electrons. The molecule has 1 aromatic heterocycles. The Labute approximate surface area is 129 Å². The molecule has 2 aromatic rings. The Morgan fingerprint density at radius 2 is 1.90 bits per heavy atom. The van der Waals surface area contributed by atoms with Gasteiger partial charge < -0.3 is 4.98 Å². The van der Waals surface area contributed by atoms with E-state index in [2.05, 4.69) is 25.9 Å². The van der Waals surface area contributed by atoms with Crippen LogP contribution in [0.1, 0.15) is 26.5 Å². The van der Waals surface area contributed by atoms with Crippen LogP contribution in [0.15, 0.2) is 33.5 Å². The van der Waals surface area contributed by atoms with Gasteiger partial charge in [0.15, 0.2) is 0 Å². The third-order valence-electron chi connectivity index (χ3n) is 2.93. The first-order valence-electron chi connectivity index (χ1n) is 6.26. The quantitative estimate of drug-likeness (QED) is 0.663. The highest BCUT2D eigenvalue weighted by Gasteiger charge is 2.24. The van der Waals surface area contributed by atoms with Gasteiger partial charge >= 0.3 is 0 Å². The van der Waals surface area contributed by atoms with Crippen molar-refractivity contribution >= 4 is 21.6 Å². The molecule has 0 saturated carbocycles. The normalized spacial score (nSPS) is 11.4. The van der Waals surface area contributed by atoms with Crippen molar-refractivity contribution < 1.29 is 4.92 Å². The molecular weight excluding hydrogens is 338 g/mol. The lowest BCUT2D eigenvalue weighted by atomic mass is 9.92. The van der Waals surface area contributed by atoms with E-state index >= 15 is 0 Å². The second-order valence-corrected chi connectivity index (χ2v) is 6.39. The summed E-state index contributed by atoms with van der Waals surface area (Å²) in [6.07, 6.45) is 0. The first-order valence-corrected chi connectivity index (χ1v) is 7.05. The third-order valence-corrected chi connectivity index (χ3v) is 3.66. The predicted octanol–water partition coefficient (Wildman–Crippen LogP) is 3.41. The van der Waals surface area contributed by atoms with Crippen LogP contribution in [0.3, 0.4) is 0 Å². The Balaban J connectivity index is 2.75. The van der Waals surface area contributed by atoms with Crippen LogP contribution < -0.4 is 5.56 Å². The fraction of sp³-hybridized carbons (Fsp3) is 0.286. The van der Waals surface area contributed by atoms with E-state index in [4.69, 9.17) is 0 Å². The summed E-state index contributed by atoms with van der Waals surface area (Å²) in [6, 6.07) is 6.19. The summed E-state index contributed by atoms with van der Waals surface area (Å²) in [5.74, 6) is 0.195. The Hall–Kier alpha value is -2.02. The molecule has 0 unspecified atom stereocenters. The van der Waals surface area contributed by atoms with Crippen molar-refractivity contribution in [3.8, 4) is 11.4 Å².